The standard InChI is InChI=1S/C14H11F2N3OS2/c15-9-4-11-12(5-10(9)16)19-14(18-11)22-7-13(20)17-6-8-2-1-3-21-8/h1-5H,6-7H2,(H,17,20)(H,18,19). The summed E-state index contributed by atoms with van der Waals surface area (Å²) in [4.78, 5) is 19.8. The number of thioether (sulfide) groups is 1. The lowest BCUT2D eigenvalue weighted by Crippen LogP contribution is -2.24. The summed E-state index contributed by atoms with van der Waals surface area (Å²) in [7, 11) is 0. The third-order valence-electron chi connectivity index (χ3n) is 2.88. The van der Waals surface area contributed by atoms with Crippen LogP contribution in [0.5, 0.6) is 0 Å². The molecule has 0 fully saturated rings. The van der Waals surface area contributed by atoms with Crippen molar-refractivity contribution in [3.05, 3.63) is 46.2 Å². The average molecular weight is 339 g/mol. The van der Waals surface area contributed by atoms with Crippen LogP contribution in [-0.2, 0) is 11.3 Å². The van der Waals surface area contributed by atoms with E-state index in [0.29, 0.717) is 22.7 Å². The van der Waals surface area contributed by atoms with Gasteiger partial charge in [-0.15, -0.1) is 11.3 Å². The van der Waals surface area contributed by atoms with Crippen molar-refractivity contribution in [3.8, 4) is 0 Å². The Balaban J connectivity index is 1.58. The molecule has 0 aliphatic rings. The van der Waals surface area contributed by atoms with Crippen molar-refractivity contribution in [1.82, 2.24) is 15.3 Å². The van der Waals surface area contributed by atoms with Crippen molar-refractivity contribution in [2.45, 2.75) is 11.7 Å². The van der Waals surface area contributed by atoms with Crippen molar-refractivity contribution in [1.29, 1.82) is 0 Å². The zero-order chi connectivity index (χ0) is 15.5. The number of fused-ring (bicyclic) bond motifs is 1. The summed E-state index contributed by atoms with van der Waals surface area (Å²) in [5.74, 6) is -1.82. The van der Waals surface area contributed by atoms with E-state index in [4.69, 9.17) is 0 Å². The molecule has 0 saturated heterocycles. The van der Waals surface area contributed by atoms with Crippen molar-refractivity contribution < 1.29 is 13.6 Å². The minimum Gasteiger partial charge on any atom is -0.350 e. The molecule has 0 aliphatic heterocycles. The van der Waals surface area contributed by atoms with Gasteiger partial charge in [0.25, 0.3) is 0 Å². The predicted octanol–water partition coefficient (Wildman–Crippen LogP) is 3.31. The molecule has 0 saturated carbocycles. The van der Waals surface area contributed by atoms with Crippen LogP contribution in [0.15, 0.2) is 34.8 Å². The van der Waals surface area contributed by atoms with Crippen LogP contribution in [0.3, 0.4) is 0 Å². The molecule has 22 heavy (non-hydrogen) atoms. The van der Waals surface area contributed by atoms with Gasteiger partial charge in [0.2, 0.25) is 5.91 Å². The number of hydrogen-bond donors (Lipinski definition) is 2. The highest BCUT2D eigenvalue weighted by Gasteiger charge is 2.10. The Labute approximate surface area is 132 Å². The highest BCUT2D eigenvalue weighted by atomic mass is 32.2. The van der Waals surface area contributed by atoms with Crippen molar-refractivity contribution in [3.63, 3.8) is 0 Å². The second-order valence-corrected chi connectivity index (χ2v) is 6.47. The summed E-state index contributed by atoms with van der Waals surface area (Å²) >= 11 is 2.76. The van der Waals surface area contributed by atoms with Crippen LogP contribution in [0.4, 0.5) is 8.78 Å². The number of carbonyl (C=O) groups excluding carboxylic acids is 1. The van der Waals surface area contributed by atoms with E-state index in [1.165, 1.54) is 11.8 Å². The number of aromatic nitrogens is 2. The monoisotopic (exact) mass is 339 g/mol. The summed E-state index contributed by atoms with van der Waals surface area (Å²) in [5, 5.41) is 5.19. The number of aromatic amines is 1. The number of thiophene rings is 1. The Kier molecular flexibility index (Phi) is 4.39. The Hall–Kier alpha value is -1.93. The number of halogens is 2. The summed E-state index contributed by atoms with van der Waals surface area (Å²) in [6, 6.07) is 5.95. The van der Waals surface area contributed by atoms with Gasteiger partial charge in [0, 0.05) is 17.0 Å². The number of imidazole rings is 1. The van der Waals surface area contributed by atoms with Gasteiger partial charge in [0.15, 0.2) is 16.8 Å². The number of nitrogens with one attached hydrogen (secondary N) is 2. The third kappa shape index (κ3) is 3.45. The van der Waals surface area contributed by atoms with Crippen LogP contribution < -0.4 is 5.32 Å². The SMILES string of the molecule is O=C(CSc1nc2cc(F)c(F)cc2[nH]1)NCc1cccs1. The van der Waals surface area contributed by atoms with Gasteiger partial charge in [-0.1, -0.05) is 17.8 Å². The van der Waals surface area contributed by atoms with Gasteiger partial charge < -0.3 is 10.3 Å². The maximum Gasteiger partial charge on any atom is 0.230 e. The predicted molar refractivity (Wildman–Crippen MR) is 82.9 cm³/mol. The van der Waals surface area contributed by atoms with Gasteiger partial charge in [-0.3, -0.25) is 4.79 Å². The molecule has 4 nitrogen and oxygen atoms in total. The van der Waals surface area contributed by atoms with Gasteiger partial charge in [-0.2, -0.15) is 0 Å². The lowest BCUT2D eigenvalue weighted by Gasteiger charge is -2.01. The number of nitrogens with zero attached hydrogens (tertiary/aromatic N) is 1. The van der Waals surface area contributed by atoms with E-state index < -0.39 is 11.6 Å². The van der Waals surface area contributed by atoms with Crippen LogP contribution in [0, 0.1) is 11.6 Å². The van der Waals surface area contributed by atoms with E-state index in [0.717, 1.165) is 17.0 Å². The second-order valence-electron chi connectivity index (χ2n) is 4.47. The normalized spacial score (nSPS) is 11.0. The molecule has 0 atom stereocenters. The highest BCUT2D eigenvalue weighted by molar-refractivity contribution is 7.99. The summed E-state index contributed by atoms with van der Waals surface area (Å²) in [5.41, 5.74) is 0.737. The van der Waals surface area contributed by atoms with E-state index in [2.05, 4.69) is 15.3 Å². The van der Waals surface area contributed by atoms with Gasteiger partial charge in [-0.25, -0.2) is 13.8 Å². The molecule has 2 N–H and O–H groups in total. The molecule has 0 aliphatic carbocycles. The molecular weight excluding hydrogens is 328 g/mol. The maximum absolute atomic E-state index is 13.1. The molecule has 3 rings (SSSR count). The number of hydrogen-bond acceptors (Lipinski definition) is 4. The lowest BCUT2D eigenvalue weighted by molar-refractivity contribution is -0.118. The molecule has 114 valence electrons. The summed E-state index contributed by atoms with van der Waals surface area (Å²) in [6.07, 6.45) is 0. The molecule has 3 aromatic rings. The zero-order valence-corrected chi connectivity index (χ0v) is 12.9. The number of rotatable bonds is 5. The smallest absolute Gasteiger partial charge is 0.230 e. The Morgan fingerprint density at radius 2 is 2.18 bits per heavy atom. The molecule has 0 bridgehead atoms. The first-order valence-corrected chi connectivity index (χ1v) is 8.25. The number of benzene rings is 1. The Morgan fingerprint density at radius 3 is 2.95 bits per heavy atom. The lowest BCUT2D eigenvalue weighted by atomic mass is 10.3. The second kappa shape index (κ2) is 6.45. The molecule has 1 amide bonds. The molecule has 2 heterocycles. The third-order valence-corrected chi connectivity index (χ3v) is 4.63. The maximum atomic E-state index is 13.1. The van der Waals surface area contributed by atoms with Crippen LogP contribution in [0.25, 0.3) is 11.0 Å². The van der Waals surface area contributed by atoms with Crippen LogP contribution in [0.1, 0.15) is 4.88 Å². The molecule has 0 radical (unpaired) electrons. The van der Waals surface area contributed by atoms with Gasteiger partial charge in [0.05, 0.1) is 23.3 Å². The van der Waals surface area contributed by atoms with Crippen molar-refractivity contribution in [2.24, 2.45) is 0 Å². The van der Waals surface area contributed by atoms with E-state index in [9.17, 15) is 13.6 Å². The molecule has 8 heteroatoms. The fraction of sp³-hybridized carbons (Fsp3) is 0.143. The minimum absolute atomic E-state index is 0.129. The average Bonchev–Trinajstić information content (AvgIpc) is 3.13. The highest BCUT2D eigenvalue weighted by Crippen LogP contribution is 2.21. The first kappa shape index (κ1) is 15.0. The minimum atomic E-state index is -0.941. The van der Waals surface area contributed by atoms with E-state index in [1.54, 1.807) is 11.3 Å². The number of H-pyrrole nitrogens is 1. The summed E-state index contributed by atoms with van der Waals surface area (Å²) < 4.78 is 26.2. The van der Waals surface area contributed by atoms with Crippen LogP contribution in [0.2, 0.25) is 0 Å². The molecule has 1 aromatic carbocycles. The fourth-order valence-electron chi connectivity index (χ4n) is 1.83. The van der Waals surface area contributed by atoms with Crippen molar-refractivity contribution >= 4 is 40.0 Å². The van der Waals surface area contributed by atoms with Gasteiger partial charge in [-0.05, 0) is 11.4 Å². The van der Waals surface area contributed by atoms with Gasteiger partial charge >= 0.3 is 0 Å². The largest absolute Gasteiger partial charge is 0.350 e. The summed E-state index contributed by atoms with van der Waals surface area (Å²) in [6.45, 7) is 0.494. The van der Waals surface area contributed by atoms with Gasteiger partial charge in [0.1, 0.15) is 0 Å². The van der Waals surface area contributed by atoms with Crippen molar-refractivity contribution in [2.75, 3.05) is 5.75 Å². The Bertz CT molecular complexity index is 763. The first-order valence-electron chi connectivity index (χ1n) is 6.38. The topological polar surface area (TPSA) is 57.8 Å². The fourth-order valence-corrected chi connectivity index (χ4v) is 3.19. The zero-order valence-electron chi connectivity index (χ0n) is 11.2. The van der Waals surface area contributed by atoms with Crippen LogP contribution in [-0.4, -0.2) is 21.6 Å². The quantitative estimate of drug-likeness (QED) is 0.701. The number of amides is 1. The van der Waals surface area contributed by atoms with E-state index in [1.807, 2.05) is 17.5 Å². The molecule has 2 aromatic heterocycles. The molecule has 0 spiro atoms. The molecular formula is C14H11F2N3OS2. The first-order chi connectivity index (χ1) is 10.6. The van der Waals surface area contributed by atoms with Crippen LogP contribution >= 0.6 is 23.1 Å². The van der Waals surface area contributed by atoms with E-state index in [-0.39, 0.29) is 11.7 Å². The molecule has 0 unspecified atom stereocenters. The number of carbonyl (C=O) groups is 1. The Morgan fingerprint density at radius 1 is 1.36 bits per heavy atom. The van der Waals surface area contributed by atoms with E-state index >= 15 is 0 Å².